The van der Waals surface area contributed by atoms with Gasteiger partial charge >= 0.3 is 0 Å². The third-order valence-corrected chi connectivity index (χ3v) is 6.93. The number of aromatic hydroxyl groups is 1. The zero-order valence-electron chi connectivity index (χ0n) is 29.1. The number of phenolic OH excluding ortho intramolecular Hbond substituents is 1. The minimum absolute atomic E-state index is 0.128. The van der Waals surface area contributed by atoms with E-state index in [9.17, 15) is 14.7 Å². The van der Waals surface area contributed by atoms with Crippen molar-refractivity contribution in [3.8, 4) is 5.75 Å². The Hall–Kier alpha value is -6.04. The molecule has 18 heteroatoms. The van der Waals surface area contributed by atoms with Gasteiger partial charge in [-0.15, -0.1) is 0 Å². The Morgan fingerprint density at radius 1 is 0.604 bits per heavy atom. The predicted molar refractivity (Wildman–Crippen MR) is 198 cm³/mol. The number of azide groups is 1. The molecule has 0 atom stereocenters. The summed E-state index contributed by atoms with van der Waals surface area (Å²) >= 11 is 0. The normalized spacial score (nSPS) is 10.6. The van der Waals surface area contributed by atoms with Crippen LogP contribution in [-0.2, 0) is 18.9 Å². The minimum atomic E-state index is -0.251. The summed E-state index contributed by atoms with van der Waals surface area (Å²) in [6, 6.07) is 22.3. The van der Waals surface area contributed by atoms with Gasteiger partial charge in [0.2, 0.25) is 17.8 Å². The fraction of sp³-hybridized carbons (Fsp3) is 0.343. The molecular formula is C35H43N11O7. The van der Waals surface area contributed by atoms with E-state index in [1.807, 2.05) is 18.2 Å². The molecule has 0 bridgehead atoms. The molecule has 0 fully saturated rings. The number of carbonyl (C=O) groups is 2. The van der Waals surface area contributed by atoms with Crippen molar-refractivity contribution in [1.29, 1.82) is 0 Å². The molecule has 4 aromatic rings. The fourth-order valence-electron chi connectivity index (χ4n) is 4.37. The highest BCUT2D eigenvalue weighted by Gasteiger charge is 2.10. The van der Waals surface area contributed by atoms with E-state index in [1.165, 1.54) is 0 Å². The van der Waals surface area contributed by atoms with E-state index in [2.05, 4.69) is 51.6 Å². The summed E-state index contributed by atoms with van der Waals surface area (Å²) in [4.78, 5) is 40.7. The van der Waals surface area contributed by atoms with E-state index in [1.54, 1.807) is 60.7 Å². The van der Waals surface area contributed by atoms with Gasteiger partial charge in [0.25, 0.3) is 11.8 Å². The third-order valence-electron chi connectivity index (χ3n) is 6.93. The lowest BCUT2D eigenvalue weighted by molar-refractivity contribution is 0.0511. The summed E-state index contributed by atoms with van der Waals surface area (Å²) in [5.41, 5.74) is 10.6. The van der Waals surface area contributed by atoms with Gasteiger partial charge in [-0.3, -0.25) is 9.59 Å². The van der Waals surface area contributed by atoms with Crippen LogP contribution in [0.5, 0.6) is 5.75 Å². The molecule has 0 saturated heterocycles. The lowest BCUT2D eigenvalue weighted by Gasteiger charge is -2.12. The van der Waals surface area contributed by atoms with Crippen LogP contribution in [0.15, 0.2) is 84.0 Å². The Balaban J connectivity index is 1.19. The van der Waals surface area contributed by atoms with E-state index in [-0.39, 0.29) is 42.0 Å². The van der Waals surface area contributed by atoms with Gasteiger partial charge in [0.1, 0.15) is 5.75 Å². The molecule has 3 aromatic carbocycles. The first-order valence-corrected chi connectivity index (χ1v) is 16.9. The minimum Gasteiger partial charge on any atom is -0.508 e. The van der Waals surface area contributed by atoms with Crippen molar-refractivity contribution in [2.45, 2.75) is 0 Å². The maximum absolute atomic E-state index is 12.6. The highest BCUT2D eigenvalue weighted by Crippen LogP contribution is 2.21. The molecule has 2 amide bonds. The second kappa shape index (κ2) is 23.4. The summed E-state index contributed by atoms with van der Waals surface area (Å²) in [5, 5.41) is 28.0. The Morgan fingerprint density at radius 2 is 1.08 bits per heavy atom. The van der Waals surface area contributed by atoms with Crippen molar-refractivity contribution in [1.82, 2.24) is 25.6 Å². The summed E-state index contributed by atoms with van der Waals surface area (Å²) in [6.45, 7) is 4.21. The molecular weight excluding hydrogens is 686 g/mol. The molecule has 18 nitrogen and oxygen atoms in total. The fourth-order valence-corrected chi connectivity index (χ4v) is 4.37. The predicted octanol–water partition coefficient (Wildman–Crippen LogP) is 4.01. The number of ether oxygens (including phenoxy) is 4. The summed E-state index contributed by atoms with van der Waals surface area (Å²) in [7, 11) is 0. The molecule has 53 heavy (non-hydrogen) atoms. The number of anilines is 5. The van der Waals surface area contributed by atoms with Crippen molar-refractivity contribution in [3.05, 3.63) is 100 Å². The number of nitrogens with one attached hydrogen (secondary N) is 5. The zero-order valence-corrected chi connectivity index (χ0v) is 29.1. The Morgan fingerprint density at radius 3 is 1.62 bits per heavy atom. The lowest BCUT2D eigenvalue weighted by Crippen LogP contribution is -2.27. The molecule has 1 aromatic heterocycles. The van der Waals surface area contributed by atoms with Gasteiger partial charge in [0.15, 0.2) is 0 Å². The average Bonchev–Trinajstić information content (AvgIpc) is 3.17. The molecule has 280 valence electrons. The standard InChI is InChI=1S/C35H43N11O7/c36-46-40-17-21-53-25-24-51-19-15-38-32(49)27-6-8-28(9-7-27)41-34-43-33(44-35(45-34)42-29-10-12-30(47)13-11-29)39-16-20-52-23-22-50-18-14-37-31(48)26-4-2-1-3-5-26/h1-13,47H,14-25H2,(H,37,48)(H,38,49)(H3,39,41,42,43,44,45). The van der Waals surface area contributed by atoms with Gasteiger partial charge in [-0.2, -0.15) is 15.0 Å². The summed E-state index contributed by atoms with van der Waals surface area (Å²) in [6.07, 6.45) is 0. The number of hydrogen-bond acceptors (Lipinski definition) is 14. The summed E-state index contributed by atoms with van der Waals surface area (Å²) in [5.74, 6) is 0.515. The third kappa shape index (κ3) is 15.8. The second-order valence-corrected chi connectivity index (χ2v) is 10.9. The van der Waals surface area contributed by atoms with Gasteiger partial charge in [-0.25, -0.2) is 0 Å². The number of phenols is 1. The molecule has 0 unspecified atom stereocenters. The molecule has 1 heterocycles. The smallest absolute Gasteiger partial charge is 0.251 e. The van der Waals surface area contributed by atoms with E-state index in [0.29, 0.717) is 95.0 Å². The molecule has 0 saturated carbocycles. The van der Waals surface area contributed by atoms with E-state index in [0.717, 1.165) is 0 Å². The number of benzene rings is 3. The van der Waals surface area contributed by atoms with Crippen molar-refractivity contribution in [2.75, 3.05) is 95.0 Å². The van der Waals surface area contributed by atoms with Crippen LogP contribution >= 0.6 is 0 Å². The maximum atomic E-state index is 12.6. The first kappa shape index (κ1) is 39.7. The molecule has 0 spiro atoms. The molecule has 6 N–H and O–H groups in total. The number of nitrogens with zero attached hydrogens (tertiary/aromatic N) is 6. The molecule has 0 radical (unpaired) electrons. The second-order valence-electron chi connectivity index (χ2n) is 10.9. The maximum Gasteiger partial charge on any atom is 0.251 e. The van der Waals surface area contributed by atoms with Crippen LogP contribution in [0.1, 0.15) is 20.7 Å². The van der Waals surface area contributed by atoms with E-state index >= 15 is 0 Å². The van der Waals surface area contributed by atoms with Crippen molar-refractivity contribution in [3.63, 3.8) is 0 Å². The number of aromatic nitrogens is 3. The monoisotopic (exact) mass is 729 g/mol. The van der Waals surface area contributed by atoms with E-state index in [4.69, 9.17) is 24.5 Å². The first-order chi connectivity index (χ1) is 26.0. The van der Waals surface area contributed by atoms with Crippen molar-refractivity contribution >= 4 is 41.0 Å². The Bertz CT molecular complexity index is 1730. The SMILES string of the molecule is [N-]=[N+]=NCCOCCOCCNC(=O)c1ccc(Nc2nc(NCCOCCOCCNC(=O)c3ccccc3)nc(Nc3ccc(O)cc3)n2)cc1. The number of rotatable bonds is 25. The van der Waals surface area contributed by atoms with Gasteiger partial charge in [0, 0.05) is 53.6 Å². The quantitative estimate of drug-likeness (QED) is 0.0186. The lowest BCUT2D eigenvalue weighted by atomic mass is 10.2. The Kier molecular flexibility index (Phi) is 17.6. The van der Waals surface area contributed by atoms with Crippen LogP contribution in [0.25, 0.3) is 10.4 Å². The zero-order chi connectivity index (χ0) is 37.4. The Labute approximate surface area is 306 Å². The molecule has 0 aliphatic heterocycles. The largest absolute Gasteiger partial charge is 0.508 e. The first-order valence-electron chi connectivity index (χ1n) is 16.9. The topological polar surface area (TPSA) is 239 Å². The van der Waals surface area contributed by atoms with Crippen molar-refractivity contribution < 1.29 is 33.6 Å². The van der Waals surface area contributed by atoms with Crippen LogP contribution in [0.4, 0.5) is 29.2 Å². The van der Waals surface area contributed by atoms with Crippen molar-refractivity contribution in [2.24, 2.45) is 5.11 Å². The van der Waals surface area contributed by atoms with Crippen LogP contribution in [0.3, 0.4) is 0 Å². The summed E-state index contributed by atoms with van der Waals surface area (Å²) < 4.78 is 21.9. The van der Waals surface area contributed by atoms with Gasteiger partial charge in [-0.1, -0.05) is 23.3 Å². The number of hydrogen-bond donors (Lipinski definition) is 6. The van der Waals surface area contributed by atoms with Crippen LogP contribution in [0.2, 0.25) is 0 Å². The van der Waals surface area contributed by atoms with Crippen LogP contribution < -0.4 is 26.6 Å². The number of carbonyl (C=O) groups excluding carboxylic acids is 2. The van der Waals surface area contributed by atoms with Gasteiger partial charge in [-0.05, 0) is 66.2 Å². The highest BCUT2D eigenvalue weighted by atomic mass is 16.5. The number of amides is 2. The highest BCUT2D eigenvalue weighted by molar-refractivity contribution is 5.94. The molecule has 0 aliphatic rings. The molecule has 4 rings (SSSR count). The van der Waals surface area contributed by atoms with Crippen LogP contribution in [0, 0.1) is 0 Å². The van der Waals surface area contributed by atoms with Crippen LogP contribution in [-0.4, -0.2) is 111 Å². The molecule has 0 aliphatic carbocycles. The average molecular weight is 730 g/mol. The van der Waals surface area contributed by atoms with Gasteiger partial charge < -0.3 is 50.6 Å². The van der Waals surface area contributed by atoms with E-state index < -0.39 is 0 Å². The van der Waals surface area contributed by atoms with Gasteiger partial charge in [0.05, 0.1) is 52.9 Å².